The molecule has 4 rings (SSSR count). The maximum absolute atomic E-state index is 10.3. The molecule has 9 heteroatoms. The van der Waals surface area contributed by atoms with Crippen LogP contribution in [0.2, 0.25) is 0 Å². The normalized spacial score (nSPS) is 10.7. The van der Waals surface area contributed by atoms with Crippen LogP contribution in [-0.4, -0.2) is 10.2 Å². The van der Waals surface area contributed by atoms with Crippen LogP contribution in [0.15, 0.2) is 70.2 Å². The van der Waals surface area contributed by atoms with Gasteiger partial charge in [0.1, 0.15) is 0 Å². The van der Waals surface area contributed by atoms with E-state index in [1.807, 2.05) is 36.4 Å². The van der Waals surface area contributed by atoms with Gasteiger partial charge in [-0.3, -0.25) is 0 Å². The topological polar surface area (TPSA) is 127 Å². The SMILES string of the molecule is Nc1ccccc1-[n+]1coc(O)[c]1[Hg][c]1c(O)oc[n+]1-c1ccccc1N. The van der Waals surface area contributed by atoms with Crippen molar-refractivity contribution in [3.05, 3.63) is 61.3 Å². The van der Waals surface area contributed by atoms with E-state index in [9.17, 15) is 10.2 Å². The average molecular weight is 553 g/mol. The molecular weight excluding hydrogens is 537 g/mol. The molecule has 2 aromatic carbocycles. The summed E-state index contributed by atoms with van der Waals surface area (Å²) < 4.78 is 15.1. The Morgan fingerprint density at radius 2 is 1.11 bits per heavy atom. The minimum atomic E-state index is -2.39. The van der Waals surface area contributed by atoms with E-state index in [0.29, 0.717) is 29.2 Å². The van der Waals surface area contributed by atoms with Crippen molar-refractivity contribution < 1.29 is 52.8 Å². The molecular formula is C18H16HgN4O4+2. The van der Waals surface area contributed by atoms with Crippen LogP contribution in [0, 0.1) is 0 Å². The molecule has 0 saturated heterocycles. The van der Waals surface area contributed by atoms with Gasteiger partial charge in [-0.2, -0.15) is 0 Å². The van der Waals surface area contributed by atoms with Crippen molar-refractivity contribution in [3.63, 3.8) is 0 Å². The monoisotopic (exact) mass is 554 g/mol. The summed E-state index contributed by atoms with van der Waals surface area (Å²) in [5, 5.41) is 20.5. The van der Waals surface area contributed by atoms with Gasteiger partial charge >= 0.3 is 167 Å². The number of hydrogen-bond acceptors (Lipinski definition) is 6. The number of nitrogens with two attached hydrogens (primary N) is 2. The molecule has 0 atom stereocenters. The first-order valence-electron chi connectivity index (χ1n) is 8.18. The van der Waals surface area contributed by atoms with Crippen LogP contribution in [0.25, 0.3) is 11.4 Å². The Morgan fingerprint density at radius 3 is 1.52 bits per heavy atom. The molecule has 0 fully saturated rings. The van der Waals surface area contributed by atoms with Crippen LogP contribution in [0.1, 0.15) is 0 Å². The van der Waals surface area contributed by atoms with E-state index in [1.54, 1.807) is 21.3 Å². The van der Waals surface area contributed by atoms with Crippen molar-refractivity contribution in [1.82, 2.24) is 0 Å². The first-order chi connectivity index (χ1) is 13.1. The van der Waals surface area contributed by atoms with Gasteiger partial charge in [0.2, 0.25) is 0 Å². The van der Waals surface area contributed by atoms with Gasteiger partial charge in [0.05, 0.1) is 0 Å². The van der Waals surface area contributed by atoms with Gasteiger partial charge in [-0.15, -0.1) is 0 Å². The van der Waals surface area contributed by atoms with Crippen molar-refractivity contribution in [2.45, 2.75) is 0 Å². The fourth-order valence-corrected chi connectivity index (χ4v) is 9.26. The molecule has 8 nitrogen and oxygen atoms in total. The Hall–Kier alpha value is -3.00. The number of para-hydroxylation sites is 4. The second-order valence-electron chi connectivity index (χ2n) is 5.98. The number of hydrogen-bond donors (Lipinski definition) is 4. The maximum atomic E-state index is 10.3. The van der Waals surface area contributed by atoms with Crippen LogP contribution < -0.4 is 27.0 Å². The van der Waals surface area contributed by atoms with Crippen LogP contribution >= 0.6 is 0 Å². The molecule has 0 aliphatic rings. The summed E-state index contributed by atoms with van der Waals surface area (Å²) in [6, 6.07) is 14.6. The summed E-state index contributed by atoms with van der Waals surface area (Å²) in [5.74, 6) is -0.374. The zero-order valence-corrected chi connectivity index (χ0v) is 19.7. The molecule has 0 unspecified atom stereocenters. The number of aromatic nitrogens is 2. The number of rotatable bonds is 4. The van der Waals surface area contributed by atoms with Gasteiger partial charge in [0, 0.05) is 0 Å². The van der Waals surface area contributed by atoms with Crippen LogP contribution in [0.4, 0.5) is 11.4 Å². The number of aromatic hydroxyl groups is 2. The first-order valence-corrected chi connectivity index (χ1v) is 13.7. The predicted octanol–water partition coefficient (Wildman–Crippen LogP) is 0.0349. The molecule has 27 heavy (non-hydrogen) atoms. The molecule has 2 aromatic heterocycles. The first kappa shape index (κ1) is 17.4. The molecule has 0 radical (unpaired) electrons. The number of oxazole rings is 2. The molecule has 6 N–H and O–H groups in total. The van der Waals surface area contributed by atoms with Gasteiger partial charge in [-0.25, -0.2) is 0 Å². The molecule has 4 aromatic rings. The van der Waals surface area contributed by atoms with E-state index in [2.05, 4.69) is 0 Å². The van der Waals surface area contributed by atoms with Crippen molar-refractivity contribution in [2.24, 2.45) is 0 Å². The van der Waals surface area contributed by atoms with Gasteiger partial charge in [0.15, 0.2) is 0 Å². The third-order valence-corrected chi connectivity index (χ3v) is 11.9. The number of nitrogens with zero attached hydrogens (tertiary/aromatic N) is 2. The third kappa shape index (κ3) is 3.12. The van der Waals surface area contributed by atoms with Crippen molar-refractivity contribution in [2.75, 3.05) is 11.5 Å². The zero-order chi connectivity index (χ0) is 19.0. The predicted molar refractivity (Wildman–Crippen MR) is 91.9 cm³/mol. The van der Waals surface area contributed by atoms with Gasteiger partial charge < -0.3 is 0 Å². The number of nitrogen functional groups attached to an aromatic ring is 2. The minimum absolute atomic E-state index is 0.187. The van der Waals surface area contributed by atoms with E-state index >= 15 is 0 Å². The van der Waals surface area contributed by atoms with Crippen molar-refractivity contribution >= 4 is 17.8 Å². The molecule has 0 aliphatic heterocycles. The van der Waals surface area contributed by atoms with E-state index in [-0.39, 0.29) is 11.9 Å². The molecule has 0 amide bonds. The van der Waals surface area contributed by atoms with Gasteiger partial charge in [-0.05, 0) is 0 Å². The summed E-state index contributed by atoms with van der Waals surface area (Å²) in [7, 11) is 0. The van der Waals surface area contributed by atoms with Gasteiger partial charge in [0.25, 0.3) is 0 Å². The zero-order valence-electron chi connectivity index (χ0n) is 14.2. The quantitative estimate of drug-likeness (QED) is 0.161. The van der Waals surface area contributed by atoms with Crippen LogP contribution in [-0.2, 0) is 24.6 Å². The van der Waals surface area contributed by atoms with Crippen LogP contribution in [0.5, 0.6) is 11.9 Å². The number of benzene rings is 2. The molecule has 0 bridgehead atoms. The van der Waals surface area contributed by atoms with E-state index < -0.39 is 24.6 Å². The molecule has 2 heterocycles. The summed E-state index contributed by atoms with van der Waals surface area (Å²) >= 11 is -2.39. The van der Waals surface area contributed by atoms with Crippen molar-refractivity contribution in [1.29, 1.82) is 0 Å². The fourth-order valence-electron chi connectivity index (χ4n) is 2.97. The second-order valence-corrected chi connectivity index (χ2v) is 12.6. The van der Waals surface area contributed by atoms with Crippen molar-refractivity contribution in [3.8, 4) is 23.3 Å². The molecule has 132 valence electrons. The fraction of sp³-hybridized carbons (Fsp3) is 0. The Bertz CT molecular complexity index is 1030. The second kappa shape index (κ2) is 6.95. The molecule has 0 aliphatic carbocycles. The van der Waals surface area contributed by atoms with E-state index in [4.69, 9.17) is 20.3 Å². The Kier molecular flexibility index (Phi) is 4.48. The standard InChI is InChI=1S/2C9H8N2O2.Hg/c2*10-7-3-1-2-4-8(7)11-5-9(12)13-6-11;/h2*1-4,6,12H,10H2;/q2*+1;. The van der Waals surface area contributed by atoms with E-state index in [1.165, 1.54) is 12.8 Å². The van der Waals surface area contributed by atoms with E-state index in [0.717, 1.165) is 0 Å². The molecule has 0 spiro atoms. The third-order valence-electron chi connectivity index (χ3n) is 4.34. The molecule has 0 saturated carbocycles. The summed E-state index contributed by atoms with van der Waals surface area (Å²) in [6.45, 7) is 0. The number of anilines is 2. The average Bonchev–Trinajstić information content (AvgIpc) is 3.20. The van der Waals surface area contributed by atoms with Crippen LogP contribution in [0.3, 0.4) is 0 Å². The Labute approximate surface area is 166 Å². The van der Waals surface area contributed by atoms with Gasteiger partial charge in [-0.1, -0.05) is 0 Å². The summed E-state index contributed by atoms with van der Waals surface area (Å²) in [6.07, 6.45) is 2.82. The Balaban J connectivity index is 1.82. The summed E-state index contributed by atoms with van der Waals surface area (Å²) in [4.78, 5) is 0. The Morgan fingerprint density at radius 1 is 0.704 bits per heavy atom. The summed E-state index contributed by atoms with van der Waals surface area (Å²) in [5.41, 5.74) is 14.6.